The van der Waals surface area contributed by atoms with Crippen molar-refractivity contribution in [1.82, 2.24) is 0 Å². The summed E-state index contributed by atoms with van der Waals surface area (Å²) in [6, 6.07) is 10.2. The van der Waals surface area contributed by atoms with Crippen LogP contribution in [0.5, 0.6) is 0 Å². The number of hydrogen-bond donors (Lipinski definition) is 0. The Kier molecular flexibility index (Phi) is 4.41. The lowest BCUT2D eigenvalue weighted by Gasteiger charge is -2.06. The molecular formula is C13H18O. The van der Waals surface area contributed by atoms with Crippen molar-refractivity contribution in [2.24, 2.45) is 0 Å². The minimum absolute atomic E-state index is 0.700. The van der Waals surface area contributed by atoms with E-state index in [1.165, 1.54) is 16.7 Å². The maximum Gasteiger partial charge on any atom is 0.0721 e. The molecule has 0 aliphatic heterocycles. The lowest BCUT2D eigenvalue weighted by molar-refractivity contribution is 0.142. The third-order valence-corrected chi connectivity index (χ3v) is 2.28. The summed E-state index contributed by atoms with van der Waals surface area (Å²) < 4.78 is 5.58. The average molecular weight is 190 g/mol. The Labute approximate surface area is 86.4 Å². The molecule has 0 aliphatic carbocycles. The van der Waals surface area contributed by atoms with E-state index in [9.17, 15) is 0 Å². The largest absolute Gasteiger partial charge is 0.372 e. The Bertz CT molecular complexity index is 294. The maximum atomic E-state index is 5.58. The van der Waals surface area contributed by atoms with Crippen molar-refractivity contribution in [3.63, 3.8) is 0 Å². The number of ether oxygens (including phenoxy) is 1. The third kappa shape index (κ3) is 3.75. The molecule has 0 heterocycles. The van der Waals surface area contributed by atoms with Crippen LogP contribution in [0, 0.1) is 0 Å². The molecule has 0 aromatic heterocycles. The maximum absolute atomic E-state index is 5.58. The van der Waals surface area contributed by atoms with E-state index >= 15 is 0 Å². The Morgan fingerprint density at radius 2 is 1.71 bits per heavy atom. The van der Waals surface area contributed by atoms with Gasteiger partial charge in [0, 0.05) is 0 Å². The second-order valence-electron chi connectivity index (χ2n) is 3.76. The minimum Gasteiger partial charge on any atom is -0.372 e. The summed E-state index contributed by atoms with van der Waals surface area (Å²) in [5.41, 5.74) is 3.90. The van der Waals surface area contributed by atoms with Crippen molar-refractivity contribution in [3.8, 4) is 0 Å². The molecule has 1 rings (SSSR count). The van der Waals surface area contributed by atoms with E-state index in [4.69, 9.17) is 4.74 Å². The van der Waals surface area contributed by atoms with Crippen LogP contribution in [-0.4, -0.2) is 6.61 Å². The van der Waals surface area contributed by atoms with E-state index in [1.54, 1.807) is 0 Å². The first-order chi connectivity index (χ1) is 6.70. The Hall–Kier alpha value is -1.08. The van der Waals surface area contributed by atoms with Gasteiger partial charge in [-0.2, -0.15) is 0 Å². The van der Waals surface area contributed by atoms with Gasteiger partial charge < -0.3 is 4.74 Å². The Balaban J connectivity index is 2.33. The topological polar surface area (TPSA) is 9.23 Å². The predicted molar refractivity (Wildman–Crippen MR) is 60.1 cm³/mol. The van der Waals surface area contributed by atoms with Crippen LogP contribution in [0.4, 0.5) is 0 Å². The molecule has 0 spiro atoms. The van der Waals surface area contributed by atoms with Crippen LogP contribution >= 0.6 is 0 Å². The van der Waals surface area contributed by atoms with Gasteiger partial charge in [0.15, 0.2) is 0 Å². The highest BCUT2D eigenvalue weighted by Crippen LogP contribution is 2.05. The lowest BCUT2D eigenvalue weighted by atomic mass is 10.2. The molecule has 76 valence electrons. The minimum atomic E-state index is 0.700. The van der Waals surface area contributed by atoms with Crippen LogP contribution in [-0.2, 0) is 11.3 Å². The van der Waals surface area contributed by atoms with Gasteiger partial charge in [-0.15, -0.1) is 0 Å². The molecular weight excluding hydrogens is 172 g/mol. The van der Waals surface area contributed by atoms with Gasteiger partial charge in [0.2, 0.25) is 0 Å². The monoisotopic (exact) mass is 190 g/mol. The summed E-state index contributed by atoms with van der Waals surface area (Å²) in [6.45, 7) is 7.77. The standard InChI is InChI=1S/C13H18O/c1-11(2)12(3)9-14-10-13-7-5-4-6-8-13/h4-8H,9-10H2,1-3H3. The fraction of sp³-hybridized carbons (Fsp3) is 0.385. The summed E-state index contributed by atoms with van der Waals surface area (Å²) in [4.78, 5) is 0. The molecule has 0 radical (unpaired) electrons. The van der Waals surface area contributed by atoms with Crippen molar-refractivity contribution in [2.45, 2.75) is 27.4 Å². The van der Waals surface area contributed by atoms with E-state index in [2.05, 4.69) is 32.9 Å². The van der Waals surface area contributed by atoms with E-state index < -0.39 is 0 Å². The van der Waals surface area contributed by atoms with Gasteiger partial charge in [-0.25, -0.2) is 0 Å². The van der Waals surface area contributed by atoms with E-state index in [0.717, 1.165) is 6.61 Å². The molecule has 0 amide bonds. The Morgan fingerprint density at radius 1 is 1.07 bits per heavy atom. The van der Waals surface area contributed by atoms with Gasteiger partial charge in [0.1, 0.15) is 0 Å². The first-order valence-electron chi connectivity index (χ1n) is 4.95. The number of benzene rings is 1. The van der Waals surface area contributed by atoms with Gasteiger partial charge in [-0.05, 0) is 31.9 Å². The molecule has 0 bridgehead atoms. The molecule has 0 aliphatic rings. The third-order valence-electron chi connectivity index (χ3n) is 2.28. The second-order valence-corrected chi connectivity index (χ2v) is 3.76. The van der Waals surface area contributed by atoms with Crippen LogP contribution in [0.1, 0.15) is 26.3 Å². The van der Waals surface area contributed by atoms with Crippen molar-refractivity contribution >= 4 is 0 Å². The van der Waals surface area contributed by atoms with Gasteiger partial charge in [0.05, 0.1) is 13.2 Å². The smallest absolute Gasteiger partial charge is 0.0721 e. The highest BCUT2D eigenvalue weighted by atomic mass is 16.5. The normalized spacial score (nSPS) is 9.93. The van der Waals surface area contributed by atoms with Gasteiger partial charge in [0.25, 0.3) is 0 Å². The van der Waals surface area contributed by atoms with E-state index in [0.29, 0.717) is 6.61 Å². The summed E-state index contributed by atoms with van der Waals surface area (Å²) in [5.74, 6) is 0. The summed E-state index contributed by atoms with van der Waals surface area (Å²) in [5, 5.41) is 0. The van der Waals surface area contributed by atoms with Gasteiger partial charge >= 0.3 is 0 Å². The second kappa shape index (κ2) is 5.61. The number of rotatable bonds is 4. The quantitative estimate of drug-likeness (QED) is 0.660. The molecule has 1 aromatic carbocycles. The Morgan fingerprint density at radius 3 is 2.29 bits per heavy atom. The first-order valence-corrected chi connectivity index (χ1v) is 4.95. The summed E-state index contributed by atoms with van der Waals surface area (Å²) in [7, 11) is 0. The summed E-state index contributed by atoms with van der Waals surface area (Å²) >= 11 is 0. The zero-order valence-corrected chi connectivity index (χ0v) is 9.21. The number of allylic oxidation sites excluding steroid dienone is 1. The van der Waals surface area contributed by atoms with E-state index in [1.807, 2.05) is 18.2 Å². The van der Waals surface area contributed by atoms with Crippen molar-refractivity contribution in [1.29, 1.82) is 0 Å². The molecule has 14 heavy (non-hydrogen) atoms. The first kappa shape index (κ1) is 11.0. The zero-order valence-electron chi connectivity index (χ0n) is 9.21. The highest BCUT2D eigenvalue weighted by Gasteiger charge is 1.94. The fourth-order valence-electron chi connectivity index (χ4n) is 1.04. The molecule has 0 saturated carbocycles. The average Bonchev–Trinajstić information content (AvgIpc) is 2.19. The van der Waals surface area contributed by atoms with Crippen LogP contribution < -0.4 is 0 Å². The van der Waals surface area contributed by atoms with Crippen LogP contribution in [0.15, 0.2) is 41.5 Å². The van der Waals surface area contributed by atoms with Crippen LogP contribution in [0.25, 0.3) is 0 Å². The van der Waals surface area contributed by atoms with Crippen LogP contribution in [0.3, 0.4) is 0 Å². The van der Waals surface area contributed by atoms with Crippen molar-refractivity contribution < 1.29 is 4.74 Å². The molecule has 0 saturated heterocycles. The molecule has 0 unspecified atom stereocenters. The molecule has 0 N–H and O–H groups in total. The van der Waals surface area contributed by atoms with Crippen molar-refractivity contribution in [2.75, 3.05) is 6.61 Å². The molecule has 1 nitrogen and oxygen atoms in total. The number of hydrogen-bond acceptors (Lipinski definition) is 1. The predicted octanol–water partition coefficient (Wildman–Crippen LogP) is 3.56. The van der Waals surface area contributed by atoms with E-state index in [-0.39, 0.29) is 0 Å². The zero-order chi connectivity index (χ0) is 10.4. The van der Waals surface area contributed by atoms with Gasteiger partial charge in [-0.1, -0.05) is 35.9 Å². The fourth-order valence-corrected chi connectivity index (χ4v) is 1.04. The van der Waals surface area contributed by atoms with Gasteiger partial charge in [-0.3, -0.25) is 0 Å². The highest BCUT2D eigenvalue weighted by molar-refractivity contribution is 5.13. The molecule has 1 heteroatoms. The van der Waals surface area contributed by atoms with Crippen LogP contribution in [0.2, 0.25) is 0 Å². The van der Waals surface area contributed by atoms with Crippen molar-refractivity contribution in [3.05, 3.63) is 47.0 Å². The molecule has 1 aromatic rings. The molecule has 0 atom stereocenters. The summed E-state index contributed by atoms with van der Waals surface area (Å²) in [6.07, 6.45) is 0. The SMILES string of the molecule is CC(C)=C(C)COCc1ccccc1. The lowest BCUT2D eigenvalue weighted by Crippen LogP contribution is -1.97. The molecule has 0 fully saturated rings.